The van der Waals surface area contributed by atoms with Crippen LogP contribution in [0.2, 0.25) is 0 Å². The Morgan fingerprint density at radius 1 is 0.540 bits per heavy atom. The number of phosphoric ester groups is 1. The lowest BCUT2D eigenvalue weighted by molar-refractivity contribution is -0.870. The molecule has 0 heterocycles. The van der Waals surface area contributed by atoms with Gasteiger partial charge in [-0.1, -0.05) is 232 Å². The summed E-state index contributed by atoms with van der Waals surface area (Å²) in [5, 5.41) is 3.04. The van der Waals surface area contributed by atoms with Gasteiger partial charge in [-0.3, -0.25) is 18.6 Å². The van der Waals surface area contributed by atoms with Gasteiger partial charge >= 0.3 is 13.8 Å². The Kier molecular flexibility index (Phi) is 43.7. The zero-order valence-corrected chi connectivity index (χ0v) is 43.5. The maximum Gasteiger partial charge on any atom is 0.472 e. The van der Waals surface area contributed by atoms with Crippen LogP contribution in [0.4, 0.5) is 0 Å². The van der Waals surface area contributed by atoms with Gasteiger partial charge in [0.25, 0.3) is 0 Å². The molecule has 0 bridgehead atoms. The first-order chi connectivity index (χ1) is 30.4. The molecule has 0 saturated heterocycles. The first kappa shape index (κ1) is 61.8. The molecule has 0 aliphatic carbocycles. The quantitative estimate of drug-likeness (QED) is 0.0206. The Morgan fingerprint density at radius 2 is 0.905 bits per heavy atom. The molecule has 2 N–H and O–H groups in total. The average molecular weight is 914 g/mol. The van der Waals surface area contributed by atoms with E-state index in [2.05, 4.69) is 26.1 Å². The third kappa shape index (κ3) is 45.7. The maximum atomic E-state index is 13.4. The molecule has 0 saturated carbocycles. The number of hydrogen-bond acceptors (Lipinski definition) is 6. The van der Waals surface area contributed by atoms with Gasteiger partial charge in [-0.05, 0) is 31.8 Å². The number of nitrogens with zero attached hydrogens (tertiary/aromatic N) is 1. The first-order valence-electron chi connectivity index (χ1n) is 27.0. The van der Waals surface area contributed by atoms with E-state index in [1.165, 1.54) is 173 Å². The van der Waals surface area contributed by atoms with Gasteiger partial charge in [0, 0.05) is 12.8 Å². The van der Waals surface area contributed by atoms with Crippen molar-refractivity contribution in [1.29, 1.82) is 0 Å². The maximum absolute atomic E-state index is 13.4. The second-order valence-corrected chi connectivity index (χ2v) is 21.2. The second kappa shape index (κ2) is 44.6. The van der Waals surface area contributed by atoms with Crippen LogP contribution in [0.15, 0.2) is 12.2 Å². The van der Waals surface area contributed by atoms with E-state index in [0.29, 0.717) is 23.9 Å². The summed E-state index contributed by atoms with van der Waals surface area (Å²) >= 11 is 0. The zero-order chi connectivity index (χ0) is 46.5. The molecule has 63 heavy (non-hydrogen) atoms. The van der Waals surface area contributed by atoms with Crippen molar-refractivity contribution < 1.29 is 37.3 Å². The van der Waals surface area contributed by atoms with Crippen LogP contribution in [0, 0.1) is 0 Å². The highest BCUT2D eigenvalue weighted by Gasteiger charge is 2.30. The van der Waals surface area contributed by atoms with Crippen molar-refractivity contribution in [1.82, 2.24) is 5.32 Å². The van der Waals surface area contributed by atoms with Crippen LogP contribution in [-0.2, 0) is 27.9 Å². The summed E-state index contributed by atoms with van der Waals surface area (Å²) in [6, 6.07) is -0.836. The van der Waals surface area contributed by atoms with Gasteiger partial charge in [0.05, 0.1) is 33.8 Å². The standard InChI is InChI=1S/C53H105N2O7P/c1-7-10-13-16-19-22-25-26-27-28-31-34-37-40-43-46-53(57)62-51(44-41-38-35-32-29-23-20-17-14-11-8-2)50(49-61-63(58,59)60-48-47-55(4,5)6)54-52(56)45-42-39-36-33-30-24-21-18-15-12-9-3/h41,44,50-51H,7-40,42-43,45-49H2,1-6H3,(H-,54,56,58,59)/p+1/b44-41+. The summed E-state index contributed by atoms with van der Waals surface area (Å²) in [5.41, 5.74) is 0. The van der Waals surface area contributed by atoms with E-state index in [9.17, 15) is 19.0 Å². The van der Waals surface area contributed by atoms with Gasteiger partial charge in [0.2, 0.25) is 5.91 Å². The van der Waals surface area contributed by atoms with Crippen molar-refractivity contribution in [3.63, 3.8) is 0 Å². The van der Waals surface area contributed by atoms with E-state index in [4.69, 9.17) is 13.8 Å². The number of quaternary nitrogens is 1. The molecule has 1 amide bonds. The molecule has 10 heteroatoms. The molecule has 0 aliphatic rings. The topological polar surface area (TPSA) is 111 Å². The van der Waals surface area contributed by atoms with Crippen LogP contribution in [0.1, 0.15) is 265 Å². The SMILES string of the molecule is CCCCCCCCCCC/C=C/C(OC(=O)CCCCCCCCCCCCCCCCC)C(COP(=O)(O)OCC[N+](C)(C)C)NC(=O)CCCCCCCCCCCCC. The lowest BCUT2D eigenvalue weighted by Crippen LogP contribution is -2.47. The van der Waals surface area contributed by atoms with Gasteiger partial charge in [-0.25, -0.2) is 4.57 Å². The Bertz CT molecular complexity index is 1100. The van der Waals surface area contributed by atoms with E-state index in [0.717, 1.165) is 57.8 Å². The summed E-state index contributed by atoms with van der Waals surface area (Å²) in [5.74, 6) is -0.493. The van der Waals surface area contributed by atoms with Crippen LogP contribution in [-0.4, -0.2) is 74.3 Å². The normalized spacial score (nSPS) is 14.0. The van der Waals surface area contributed by atoms with Gasteiger partial charge in [0.15, 0.2) is 0 Å². The lowest BCUT2D eigenvalue weighted by atomic mass is 10.0. The molecule has 9 nitrogen and oxygen atoms in total. The second-order valence-electron chi connectivity index (χ2n) is 19.8. The van der Waals surface area contributed by atoms with Gasteiger partial charge in [-0.15, -0.1) is 0 Å². The minimum absolute atomic E-state index is 0.0451. The molecule has 0 rings (SSSR count). The minimum atomic E-state index is -4.43. The number of amides is 1. The summed E-state index contributed by atoms with van der Waals surface area (Å²) in [4.78, 5) is 37.4. The van der Waals surface area contributed by atoms with Crippen molar-refractivity contribution in [2.75, 3.05) is 40.9 Å². The molecule has 0 aliphatic heterocycles. The van der Waals surface area contributed by atoms with Crippen LogP contribution in [0.5, 0.6) is 0 Å². The Balaban J connectivity index is 5.33. The van der Waals surface area contributed by atoms with Crippen molar-refractivity contribution in [2.24, 2.45) is 0 Å². The fraction of sp³-hybridized carbons (Fsp3) is 0.925. The third-order valence-corrected chi connectivity index (χ3v) is 13.2. The van der Waals surface area contributed by atoms with Crippen molar-refractivity contribution in [3.8, 4) is 0 Å². The molecule has 3 unspecified atom stereocenters. The molecule has 0 spiro atoms. The minimum Gasteiger partial charge on any atom is -0.456 e. The van der Waals surface area contributed by atoms with E-state index >= 15 is 0 Å². The Labute approximate surface area is 391 Å². The molecule has 374 valence electrons. The number of carbonyl (C=O) groups excluding carboxylic acids is 2. The van der Waals surface area contributed by atoms with Crippen LogP contribution in [0.25, 0.3) is 0 Å². The molecule has 0 aromatic carbocycles. The Morgan fingerprint density at radius 3 is 1.30 bits per heavy atom. The van der Waals surface area contributed by atoms with Crippen LogP contribution in [0.3, 0.4) is 0 Å². The number of phosphoric acid groups is 1. The molecule has 0 aromatic heterocycles. The van der Waals surface area contributed by atoms with E-state index in [1.807, 2.05) is 33.3 Å². The fourth-order valence-corrected chi connectivity index (χ4v) is 8.74. The number of allylic oxidation sites excluding steroid dienone is 1. The summed E-state index contributed by atoms with van der Waals surface area (Å²) in [7, 11) is 1.51. The number of ether oxygens (including phenoxy) is 1. The highest BCUT2D eigenvalue weighted by atomic mass is 31.2. The van der Waals surface area contributed by atoms with Gasteiger partial charge < -0.3 is 19.4 Å². The molecular formula is C53H106N2O7P+. The van der Waals surface area contributed by atoms with Crippen molar-refractivity contribution >= 4 is 19.7 Å². The highest BCUT2D eigenvalue weighted by Crippen LogP contribution is 2.43. The Hall–Kier alpha value is -1.25. The predicted octanol–water partition coefficient (Wildman–Crippen LogP) is 15.7. The predicted molar refractivity (Wildman–Crippen MR) is 268 cm³/mol. The average Bonchev–Trinajstić information content (AvgIpc) is 3.23. The molecular weight excluding hydrogens is 808 g/mol. The zero-order valence-electron chi connectivity index (χ0n) is 42.6. The molecule has 0 radical (unpaired) electrons. The monoisotopic (exact) mass is 914 g/mol. The highest BCUT2D eigenvalue weighted by molar-refractivity contribution is 7.47. The number of unbranched alkanes of at least 4 members (excludes halogenated alkanes) is 33. The molecule has 0 aromatic rings. The summed E-state index contributed by atoms with van der Waals surface area (Å²) < 4.78 is 30.5. The van der Waals surface area contributed by atoms with Gasteiger partial charge in [0.1, 0.15) is 19.3 Å². The van der Waals surface area contributed by atoms with E-state index in [-0.39, 0.29) is 25.1 Å². The fourth-order valence-electron chi connectivity index (χ4n) is 8.00. The third-order valence-electron chi connectivity index (χ3n) is 12.2. The van der Waals surface area contributed by atoms with Crippen molar-refractivity contribution in [3.05, 3.63) is 12.2 Å². The summed E-state index contributed by atoms with van der Waals surface area (Å²) in [6.45, 7) is 7.02. The number of carbonyl (C=O) groups is 2. The molecule has 0 fully saturated rings. The molecule has 3 atom stereocenters. The van der Waals surface area contributed by atoms with Crippen molar-refractivity contribution in [2.45, 2.75) is 277 Å². The number of rotatable bonds is 49. The number of likely N-dealkylation sites (N-methyl/N-ethyl adjacent to an activating group) is 1. The van der Waals surface area contributed by atoms with Crippen LogP contribution >= 0.6 is 7.82 Å². The van der Waals surface area contributed by atoms with E-state index in [1.54, 1.807) is 0 Å². The lowest BCUT2D eigenvalue weighted by Gasteiger charge is -2.27. The number of esters is 1. The summed E-state index contributed by atoms with van der Waals surface area (Å²) in [6.07, 6.45) is 47.7. The number of nitrogens with one attached hydrogen (secondary N) is 1. The number of hydrogen-bond donors (Lipinski definition) is 2. The smallest absolute Gasteiger partial charge is 0.456 e. The van der Waals surface area contributed by atoms with Crippen LogP contribution < -0.4 is 5.32 Å². The van der Waals surface area contributed by atoms with Gasteiger partial charge in [-0.2, -0.15) is 0 Å². The van der Waals surface area contributed by atoms with E-state index < -0.39 is 20.0 Å². The first-order valence-corrected chi connectivity index (χ1v) is 28.5. The largest absolute Gasteiger partial charge is 0.472 e.